The summed E-state index contributed by atoms with van der Waals surface area (Å²) in [7, 11) is 0. The SMILES string of the molecule is CCCCNC(=O)NC(=O)COc1cccc(C(C)C)c1. The number of ether oxygens (including phenoxy) is 1. The van der Waals surface area contributed by atoms with E-state index in [9.17, 15) is 9.59 Å². The van der Waals surface area contributed by atoms with Gasteiger partial charge in [0.1, 0.15) is 5.75 Å². The number of urea groups is 1. The van der Waals surface area contributed by atoms with Crippen molar-refractivity contribution in [1.29, 1.82) is 0 Å². The summed E-state index contributed by atoms with van der Waals surface area (Å²) in [4.78, 5) is 23.0. The smallest absolute Gasteiger partial charge is 0.321 e. The first-order valence-electron chi connectivity index (χ1n) is 7.33. The van der Waals surface area contributed by atoms with Crippen LogP contribution < -0.4 is 15.4 Å². The molecule has 0 aliphatic carbocycles. The summed E-state index contributed by atoms with van der Waals surface area (Å²) in [6.07, 6.45) is 1.88. The Morgan fingerprint density at radius 1 is 1.29 bits per heavy atom. The van der Waals surface area contributed by atoms with Crippen LogP contribution in [0.15, 0.2) is 24.3 Å². The molecule has 2 N–H and O–H groups in total. The predicted octanol–water partition coefficient (Wildman–Crippen LogP) is 2.81. The zero-order chi connectivity index (χ0) is 15.7. The maximum absolute atomic E-state index is 11.6. The summed E-state index contributed by atoms with van der Waals surface area (Å²) in [6.45, 7) is 6.60. The highest BCUT2D eigenvalue weighted by Crippen LogP contribution is 2.19. The van der Waals surface area contributed by atoms with Crippen molar-refractivity contribution in [2.24, 2.45) is 0 Å². The maximum atomic E-state index is 11.6. The molecule has 0 fully saturated rings. The number of unbranched alkanes of at least 4 members (excludes halogenated alkanes) is 1. The maximum Gasteiger partial charge on any atom is 0.321 e. The van der Waals surface area contributed by atoms with E-state index in [1.54, 1.807) is 6.07 Å². The third-order valence-corrected chi connectivity index (χ3v) is 2.96. The average molecular weight is 292 g/mol. The molecule has 0 unspecified atom stereocenters. The summed E-state index contributed by atoms with van der Waals surface area (Å²) in [6, 6.07) is 7.12. The van der Waals surface area contributed by atoms with Crippen LogP contribution in [0.2, 0.25) is 0 Å². The van der Waals surface area contributed by atoms with Crippen molar-refractivity contribution in [3.05, 3.63) is 29.8 Å². The van der Waals surface area contributed by atoms with Gasteiger partial charge in [-0.05, 0) is 30.0 Å². The normalized spacial score (nSPS) is 10.3. The lowest BCUT2D eigenvalue weighted by Crippen LogP contribution is -2.41. The van der Waals surface area contributed by atoms with E-state index in [0.29, 0.717) is 18.2 Å². The first-order chi connectivity index (χ1) is 10.0. The van der Waals surface area contributed by atoms with Crippen LogP contribution in [0, 0.1) is 0 Å². The van der Waals surface area contributed by atoms with Gasteiger partial charge < -0.3 is 10.1 Å². The molecule has 0 heterocycles. The number of benzene rings is 1. The molecule has 0 spiro atoms. The Morgan fingerprint density at radius 2 is 2.05 bits per heavy atom. The molecule has 0 saturated heterocycles. The summed E-state index contributed by atoms with van der Waals surface area (Å²) in [5.41, 5.74) is 1.14. The highest BCUT2D eigenvalue weighted by molar-refractivity contribution is 5.94. The molecular formula is C16H24N2O3. The van der Waals surface area contributed by atoms with Gasteiger partial charge in [0.25, 0.3) is 5.91 Å². The summed E-state index contributed by atoms with van der Waals surface area (Å²) < 4.78 is 5.39. The Kier molecular flexibility index (Phi) is 7.29. The molecule has 5 heteroatoms. The second-order valence-electron chi connectivity index (χ2n) is 5.17. The number of hydrogen-bond donors (Lipinski definition) is 2. The molecule has 0 aliphatic heterocycles. The molecule has 116 valence electrons. The van der Waals surface area contributed by atoms with Gasteiger partial charge in [-0.3, -0.25) is 10.1 Å². The van der Waals surface area contributed by atoms with Gasteiger partial charge in [-0.25, -0.2) is 4.79 Å². The molecule has 5 nitrogen and oxygen atoms in total. The fourth-order valence-corrected chi connectivity index (χ4v) is 1.70. The van der Waals surface area contributed by atoms with Gasteiger partial charge in [0.2, 0.25) is 0 Å². The monoisotopic (exact) mass is 292 g/mol. The topological polar surface area (TPSA) is 67.4 Å². The lowest BCUT2D eigenvalue weighted by atomic mass is 10.0. The Labute approximate surface area is 126 Å². The average Bonchev–Trinajstić information content (AvgIpc) is 2.45. The standard InChI is InChI=1S/C16H24N2O3/c1-4-5-9-17-16(20)18-15(19)11-21-14-8-6-7-13(10-14)12(2)3/h6-8,10,12H,4-5,9,11H2,1-3H3,(H2,17,18,19,20). The number of hydrogen-bond acceptors (Lipinski definition) is 3. The molecule has 1 aromatic rings. The number of carbonyl (C=O) groups is 2. The van der Waals surface area contributed by atoms with Crippen molar-refractivity contribution in [1.82, 2.24) is 10.6 Å². The largest absolute Gasteiger partial charge is 0.484 e. The van der Waals surface area contributed by atoms with Crippen molar-refractivity contribution < 1.29 is 14.3 Å². The molecule has 21 heavy (non-hydrogen) atoms. The number of nitrogens with one attached hydrogen (secondary N) is 2. The summed E-state index contributed by atoms with van der Waals surface area (Å²) >= 11 is 0. The van der Waals surface area contributed by atoms with Crippen LogP contribution in [-0.2, 0) is 4.79 Å². The molecular weight excluding hydrogens is 268 g/mol. The minimum absolute atomic E-state index is 0.178. The van der Waals surface area contributed by atoms with Crippen molar-refractivity contribution in [2.75, 3.05) is 13.2 Å². The van der Waals surface area contributed by atoms with Crippen LogP contribution in [0.3, 0.4) is 0 Å². The van der Waals surface area contributed by atoms with Gasteiger partial charge in [0.15, 0.2) is 6.61 Å². The molecule has 1 rings (SSSR count). The Balaban J connectivity index is 2.35. The number of rotatable bonds is 7. The van der Waals surface area contributed by atoms with Gasteiger partial charge in [0, 0.05) is 6.54 Å². The van der Waals surface area contributed by atoms with Gasteiger partial charge in [-0.15, -0.1) is 0 Å². The zero-order valence-electron chi connectivity index (χ0n) is 12.9. The molecule has 0 bridgehead atoms. The van der Waals surface area contributed by atoms with Crippen molar-refractivity contribution in [3.8, 4) is 5.75 Å². The Morgan fingerprint density at radius 3 is 2.71 bits per heavy atom. The summed E-state index contributed by atoms with van der Waals surface area (Å²) in [5, 5.41) is 4.84. The van der Waals surface area contributed by atoms with Gasteiger partial charge in [-0.1, -0.05) is 39.3 Å². The second-order valence-corrected chi connectivity index (χ2v) is 5.17. The van der Waals surface area contributed by atoms with Crippen LogP contribution >= 0.6 is 0 Å². The minimum atomic E-state index is -0.479. The number of amides is 3. The lowest BCUT2D eigenvalue weighted by Gasteiger charge is -2.10. The quantitative estimate of drug-likeness (QED) is 0.759. The van der Waals surface area contributed by atoms with Crippen molar-refractivity contribution in [3.63, 3.8) is 0 Å². The van der Waals surface area contributed by atoms with E-state index in [1.807, 2.05) is 25.1 Å². The van der Waals surface area contributed by atoms with E-state index >= 15 is 0 Å². The Hall–Kier alpha value is -2.04. The molecule has 1 aromatic carbocycles. The van der Waals surface area contributed by atoms with E-state index < -0.39 is 11.9 Å². The van der Waals surface area contributed by atoms with Crippen LogP contribution in [-0.4, -0.2) is 25.1 Å². The van der Waals surface area contributed by atoms with E-state index in [0.717, 1.165) is 18.4 Å². The molecule has 3 amide bonds. The fraction of sp³-hybridized carbons (Fsp3) is 0.500. The molecule has 0 aromatic heterocycles. The Bertz CT molecular complexity index is 472. The van der Waals surface area contributed by atoms with E-state index in [2.05, 4.69) is 24.5 Å². The van der Waals surface area contributed by atoms with E-state index in [4.69, 9.17) is 4.74 Å². The molecule has 0 aliphatic rings. The minimum Gasteiger partial charge on any atom is -0.484 e. The molecule has 0 radical (unpaired) electrons. The predicted molar refractivity (Wildman–Crippen MR) is 82.5 cm³/mol. The second kappa shape index (κ2) is 9.00. The molecule has 0 atom stereocenters. The number of imide groups is 1. The zero-order valence-corrected chi connectivity index (χ0v) is 12.9. The van der Waals surface area contributed by atoms with Crippen LogP contribution in [0.5, 0.6) is 5.75 Å². The molecule has 0 saturated carbocycles. The number of carbonyl (C=O) groups excluding carboxylic acids is 2. The third kappa shape index (κ3) is 6.79. The van der Waals surface area contributed by atoms with Crippen molar-refractivity contribution >= 4 is 11.9 Å². The highest BCUT2D eigenvalue weighted by Gasteiger charge is 2.08. The highest BCUT2D eigenvalue weighted by atomic mass is 16.5. The first kappa shape index (κ1) is 17.0. The van der Waals surface area contributed by atoms with Crippen LogP contribution in [0.25, 0.3) is 0 Å². The van der Waals surface area contributed by atoms with Crippen molar-refractivity contribution in [2.45, 2.75) is 39.5 Å². The van der Waals surface area contributed by atoms with Gasteiger partial charge >= 0.3 is 6.03 Å². The van der Waals surface area contributed by atoms with Crippen LogP contribution in [0.4, 0.5) is 4.79 Å². The van der Waals surface area contributed by atoms with Crippen LogP contribution in [0.1, 0.15) is 45.1 Å². The fourth-order valence-electron chi connectivity index (χ4n) is 1.70. The lowest BCUT2D eigenvalue weighted by molar-refractivity contribution is -0.122. The third-order valence-electron chi connectivity index (χ3n) is 2.96. The summed E-state index contributed by atoms with van der Waals surface area (Å²) in [5.74, 6) is 0.563. The van der Waals surface area contributed by atoms with Gasteiger partial charge in [-0.2, -0.15) is 0 Å². The van der Waals surface area contributed by atoms with E-state index in [-0.39, 0.29) is 6.61 Å². The van der Waals surface area contributed by atoms with E-state index in [1.165, 1.54) is 0 Å². The van der Waals surface area contributed by atoms with Gasteiger partial charge in [0.05, 0.1) is 0 Å². The first-order valence-corrected chi connectivity index (χ1v) is 7.33.